The molecule has 0 saturated carbocycles. The first kappa shape index (κ1) is 26.6. The molecular weight excluding hydrogens is 508 g/mol. The molecule has 1 atom stereocenters. The normalized spacial score (nSPS) is 17.1. The van der Waals surface area contributed by atoms with Crippen LogP contribution in [-0.4, -0.2) is 40.4 Å². The molecule has 1 aliphatic rings. The number of hydrogen-bond acceptors (Lipinski definition) is 5. The third-order valence-electron chi connectivity index (χ3n) is 6.34. The van der Waals surface area contributed by atoms with Crippen molar-refractivity contribution in [1.29, 1.82) is 4.78 Å². The smallest absolute Gasteiger partial charge is 0.259 e. The van der Waals surface area contributed by atoms with Crippen molar-refractivity contribution in [2.75, 3.05) is 29.6 Å². The van der Waals surface area contributed by atoms with Gasteiger partial charge in [-0.05, 0) is 54.8 Å². The van der Waals surface area contributed by atoms with Crippen molar-refractivity contribution in [2.45, 2.75) is 37.0 Å². The highest BCUT2D eigenvalue weighted by atomic mass is 32.2. The topological polar surface area (TPSA) is 86.2 Å². The van der Waals surface area contributed by atoms with Gasteiger partial charge >= 0.3 is 0 Å². The third-order valence-corrected chi connectivity index (χ3v) is 7.49. The van der Waals surface area contributed by atoms with Gasteiger partial charge in [0.25, 0.3) is 5.91 Å². The molecular formula is C26H26F4N4O2S. The number of nitrogens with zero attached hydrogens (tertiary/aromatic N) is 2. The van der Waals surface area contributed by atoms with Crippen molar-refractivity contribution in [1.82, 2.24) is 4.98 Å². The molecule has 0 unspecified atom stereocenters. The van der Waals surface area contributed by atoms with Gasteiger partial charge in [0.1, 0.15) is 5.82 Å². The number of halogens is 4. The van der Waals surface area contributed by atoms with E-state index < -0.39 is 39.6 Å². The Morgan fingerprint density at radius 3 is 2.57 bits per heavy atom. The molecule has 2 N–H and O–H groups in total. The summed E-state index contributed by atoms with van der Waals surface area (Å²) in [6.45, 7) is 1.87. The molecule has 11 heteroatoms. The molecule has 3 aromatic rings. The Morgan fingerprint density at radius 1 is 1.11 bits per heavy atom. The minimum Gasteiger partial charge on any atom is -0.356 e. The number of carbonyl (C=O) groups excluding carboxylic acids is 1. The zero-order valence-corrected chi connectivity index (χ0v) is 21.1. The second kappa shape index (κ2) is 10.1. The number of hydrogen-bond donors (Lipinski definition) is 2. The summed E-state index contributed by atoms with van der Waals surface area (Å²) in [5.41, 5.74) is 1.47. The first-order valence-electron chi connectivity index (χ1n) is 11.6. The Hall–Kier alpha value is -3.47. The van der Waals surface area contributed by atoms with E-state index in [-0.39, 0.29) is 47.9 Å². The Bertz CT molecular complexity index is 1460. The summed E-state index contributed by atoms with van der Waals surface area (Å²) in [5.74, 6) is -5.30. The fourth-order valence-electron chi connectivity index (χ4n) is 4.34. The van der Waals surface area contributed by atoms with Crippen LogP contribution in [0.4, 0.5) is 29.1 Å². The highest BCUT2D eigenvalue weighted by Gasteiger charge is 2.33. The van der Waals surface area contributed by atoms with Crippen LogP contribution < -0.4 is 10.2 Å². The number of pyridine rings is 1. The maximum Gasteiger partial charge on any atom is 0.259 e. The molecule has 0 radical (unpaired) electrons. The molecule has 2 aromatic carbocycles. The number of amides is 1. The second-order valence-electron chi connectivity index (χ2n) is 9.15. The molecule has 1 fully saturated rings. The van der Waals surface area contributed by atoms with Gasteiger partial charge in [-0.2, -0.15) is 0 Å². The number of rotatable bonds is 5. The molecule has 1 aromatic heterocycles. The Balaban J connectivity index is 1.80. The minimum atomic E-state index is -3.03. The van der Waals surface area contributed by atoms with Crippen molar-refractivity contribution < 1.29 is 26.6 Å². The summed E-state index contributed by atoms with van der Waals surface area (Å²) in [5, 5.41) is 2.73. The number of benzene rings is 2. The first-order valence-corrected chi connectivity index (χ1v) is 13.6. The third kappa shape index (κ3) is 5.93. The summed E-state index contributed by atoms with van der Waals surface area (Å²) < 4.78 is 75.6. The minimum absolute atomic E-state index is 0.0174. The molecule has 6 nitrogen and oxygen atoms in total. The Morgan fingerprint density at radius 2 is 1.86 bits per heavy atom. The van der Waals surface area contributed by atoms with Gasteiger partial charge in [-0.1, -0.05) is 12.1 Å². The van der Waals surface area contributed by atoms with Crippen LogP contribution in [0, 0.1) is 23.3 Å². The standard InChI is InChI=1S/C26H26F4N4O2S/c1-16-20(17-7-8-21(27)22(28)13-17)15-32-24(34-11-4-9-26(29,30)10-12-34)23(16)25(35)33-18-5-3-6-19(14-18)37(2,31)36/h3,5-8,13-15,31H,4,9-12H2,1-2H3,(H,33,35)/t37-/m1/s1. The lowest BCUT2D eigenvalue weighted by atomic mass is 9.97. The molecule has 4 rings (SSSR count). The predicted molar refractivity (Wildman–Crippen MR) is 135 cm³/mol. The van der Waals surface area contributed by atoms with Gasteiger partial charge in [0.05, 0.1) is 15.3 Å². The van der Waals surface area contributed by atoms with Crippen LogP contribution in [0.25, 0.3) is 11.1 Å². The summed E-state index contributed by atoms with van der Waals surface area (Å²) in [6.07, 6.45) is 2.23. The highest BCUT2D eigenvalue weighted by molar-refractivity contribution is 7.91. The highest BCUT2D eigenvalue weighted by Crippen LogP contribution is 2.35. The number of anilines is 2. The largest absolute Gasteiger partial charge is 0.356 e. The lowest BCUT2D eigenvalue weighted by Gasteiger charge is -2.26. The van der Waals surface area contributed by atoms with Gasteiger partial charge in [-0.3, -0.25) is 4.79 Å². The molecule has 2 heterocycles. The van der Waals surface area contributed by atoms with Crippen LogP contribution in [0.3, 0.4) is 0 Å². The molecule has 37 heavy (non-hydrogen) atoms. The van der Waals surface area contributed by atoms with Crippen molar-refractivity contribution in [3.63, 3.8) is 0 Å². The Kier molecular flexibility index (Phi) is 7.27. The fourth-order valence-corrected chi connectivity index (χ4v) is 5.03. The van der Waals surface area contributed by atoms with Gasteiger partial charge in [-0.15, -0.1) is 0 Å². The van der Waals surface area contributed by atoms with E-state index in [1.54, 1.807) is 24.0 Å². The molecule has 1 amide bonds. The average molecular weight is 535 g/mol. The van der Waals surface area contributed by atoms with Gasteiger partial charge in [-0.25, -0.2) is 31.5 Å². The van der Waals surface area contributed by atoms with Crippen LogP contribution in [0.1, 0.15) is 35.2 Å². The molecule has 0 aliphatic carbocycles. The average Bonchev–Trinajstić information content (AvgIpc) is 3.00. The van der Waals surface area contributed by atoms with Crippen molar-refractivity contribution in [2.24, 2.45) is 0 Å². The van der Waals surface area contributed by atoms with Crippen molar-refractivity contribution in [3.8, 4) is 11.1 Å². The lowest BCUT2D eigenvalue weighted by Crippen LogP contribution is -2.30. The predicted octanol–water partition coefficient (Wildman–Crippen LogP) is 6.25. The number of carbonyl (C=O) groups is 1. The molecule has 196 valence electrons. The van der Waals surface area contributed by atoms with E-state index in [2.05, 4.69) is 10.3 Å². The summed E-state index contributed by atoms with van der Waals surface area (Å²) in [7, 11) is -3.03. The van der Waals surface area contributed by atoms with E-state index in [0.717, 1.165) is 12.1 Å². The van der Waals surface area contributed by atoms with Crippen LogP contribution in [0.2, 0.25) is 0 Å². The molecule has 1 aliphatic heterocycles. The van der Waals surface area contributed by atoms with Crippen LogP contribution in [-0.2, 0) is 9.73 Å². The molecule has 0 bridgehead atoms. The first-order chi connectivity index (χ1) is 17.4. The maximum absolute atomic E-state index is 14.0. The number of nitrogens with one attached hydrogen (secondary N) is 2. The van der Waals surface area contributed by atoms with E-state index in [0.29, 0.717) is 16.7 Å². The monoisotopic (exact) mass is 534 g/mol. The quantitative estimate of drug-likeness (QED) is 0.379. The summed E-state index contributed by atoms with van der Waals surface area (Å²) >= 11 is 0. The van der Waals surface area contributed by atoms with Gasteiger partial charge in [0.15, 0.2) is 11.6 Å². The van der Waals surface area contributed by atoms with E-state index in [9.17, 15) is 26.6 Å². The second-order valence-corrected chi connectivity index (χ2v) is 11.3. The SMILES string of the molecule is Cc1c(-c2ccc(F)c(F)c2)cnc(N2CCCC(F)(F)CC2)c1C(=O)Nc1cccc([S@](C)(=N)=O)c1. The van der Waals surface area contributed by atoms with Crippen LogP contribution in [0.15, 0.2) is 53.6 Å². The van der Waals surface area contributed by atoms with Gasteiger partial charge < -0.3 is 10.2 Å². The van der Waals surface area contributed by atoms with Gasteiger partial charge in [0, 0.05) is 54.5 Å². The number of aromatic nitrogens is 1. The fraction of sp³-hybridized carbons (Fsp3) is 0.308. The summed E-state index contributed by atoms with van der Waals surface area (Å²) in [4.78, 5) is 19.9. The van der Waals surface area contributed by atoms with E-state index in [1.807, 2.05) is 0 Å². The zero-order valence-electron chi connectivity index (χ0n) is 20.3. The lowest BCUT2D eigenvalue weighted by molar-refractivity contribution is -0.0102. The van der Waals surface area contributed by atoms with E-state index in [1.165, 1.54) is 30.7 Å². The van der Waals surface area contributed by atoms with E-state index >= 15 is 0 Å². The molecule has 1 saturated heterocycles. The number of alkyl halides is 2. The van der Waals surface area contributed by atoms with Gasteiger partial charge in [0.2, 0.25) is 5.92 Å². The van der Waals surface area contributed by atoms with Crippen LogP contribution >= 0.6 is 0 Å². The molecule has 0 spiro atoms. The maximum atomic E-state index is 14.0. The van der Waals surface area contributed by atoms with Crippen molar-refractivity contribution >= 4 is 27.1 Å². The zero-order chi connectivity index (χ0) is 27.0. The van der Waals surface area contributed by atoms with E-state index in [4.69, 9.17) is 4.78 Å². The summed E-state index contributed by atoms with van der Waals surface area (Å²) in [6, 6.07) is 9.42. The Labute approximate surface area is 212 Å². The van der Waals surface area contributed by atoms with Crippen molar-refractivity contribution in [3.05, 3.63) is 71.4 Å². The van der Waals surface area contributed by atoms with Crippen LogP contribution in [0.5, 0.6) is 0 Å².